The van der Waals surface area contributed by atoms with Crippen LogP contribution in [-0.2, 0) is 13.0 Å². The Labute approximate surface area is 85.8 Å². The van der Waals surface area contributed by atoms with E-state index in [4.69, 9.17) is 0 Å². The number of rotatable bonds is 4. The third-order valence-corrected chi connectivity index (χ3v) is 2.27. The third-order valence-electron chi connectivity index (χ3n) is 2.27. The predicted octanol–water partition coefficient (Wildman–Crippen LogP) is 1.91. The molecular formula is C11H20N2O. The largest absolute Gasteiger partial charge is 0.390 e. The van der Waals surface area contributed by atoms with Gasteiger partial charge in [-0.15, -0.1) is 0 Å². The number of aliphatic hydroxyl groups is 1. The lowest BCUT2D eigenvalue weighted by Crippen LogP contribution is -2.22. The first-order valence-corrected chi connectivity index (χ1v) is 5.17. The van der Waals surface area contributed by atoms with E-state index in [1.54, 1.807) is 0 Å². The second kappa shape index (κ2) is 4.13. The van der Waals surface area contributed by atoms with E-state index in [0.717, 1.165) is 18.7 Å². The van der Waals surface area contributed by atoms with Gasteiger partial charge < -0.3 is 9.67 Å². The summed E-state index contributed by atoms with van der Waals surface area (Å²) in [5.41, 5.74) is 1.51. The van der Waals surface area contributed by atoms with Gasteiger partial charge in [0.15, 0.2) is 0 Å². The summed E-state index contributed by atoms with van der Waals surface area (Å²) < 4.78 is 2.14. The highest BCUT2D eigenvalue weighted by Crippen LogP contribution is 2.14. The summed E-state index contributed by atoms with van der Waals surface area (Å²) >= 11 is 0. The van der Waals surface area contributed by atoms with E-state index in [1.165, 1.54) is 5.69 Å². The first-order valence-electron chi connectivity index (χ1n) is 5.17. The van der Waals surface area contributed by atoms with Crippen molar-refractivity contribution in [1.29, 1.82) is 0 Å². The third kappa shape index (κ3) is 2.84. The topological polar surface area (TPSA) is 38.0 Å². The van der Waals surface area contributed by atoms with E-state index in [2.05, 4.69) is 23.4 Å². The van der Waals surface area contributed by atoms with Crippen molar-refractivity contribution in [3.05, 3.63) is 17.7 Å². The Hall–Kier alpha value is -0.830. The molecule has 0 fully saturated rings. The molecule has 0 saturated heterocycles. The van der Waals surface area contributed by atoms with Crippen molar-refractivity contribution in [2.75, 3.05) is 0 Å². The molecule has 0 atom stereocenters. The number of nitrogens with zero attached hydrogens (tertiary/aromatic N) is 2. The van der Waals surface area contributed by atoms with Crippen LogP contribution in [0.5, 0.6) is 0 Å². The minimum Gasteiger partial charge on any atom is -0.390 e. The SMILES string of the molecule is CCCn1cnc(CC(C)(C)O)c1C. The average molecular weight is 196 g/mol. The normalized spacial score (nSPS) is 12.1. The molecule has 0 aromatic carbocycles. The van der Waals surface area contributed by atoms with Crippen molar-refractivity contribution < 1.29 is 5.11 Å². The van der Waals surface area contributed by atoms with Crippen molar-refractivity contribution in [3.8, 4) is 0 Å². The minimum absolute atomic E-state index is 0.621. The molecule has 0 aliphatic carbocycles. The molecule has 0 saturated carbocycles. The molecular weight excluding hydrogens is 176 g/mol. The highest BCUT2D eigenvalue weighted by atomic mass is 16.3. The quantitative estimate of drug-likeness (QED) is 0.799. The summed E-state index contributed by atoms with van der Waals surface area (Å²) in [6.45, 7) is 8.83. The Morgan fingerprint density at radius 1 is 1.50 bits per heavy atom. The fourth-order valence-corrected chi connectivity index (χ4v) is 1.53. The van der Waals surface area contributed by atoms with Gasteiger partial charge in [-0.1, -0.05) is 6.92 Å². The zero-order valence-electron chi connectivity index (χ0n) is 9.54. The van der Waals surface area contributed by atoms with Gasteiger partial charge >= 0.3 is 0 Å². The fraction of sp³-hybridized carbons (Fsp3) is 0.727. The minimum atomic E-state index is -0.670. The Morgan fingerprint density at radius 2 is 2.14 bits per heavy atom. The second-order valence-corrected chi connectivity index (χ2v) is 4.46. The molecule has 1 heterocycles. The zero-order valence-corrected chi connectivity index (χ0v) is 9.54. The van der Waals surface area contributed by atoms with Crippen LogP contribution in [0.3, 0.4) is 0 Å². The summed E-state index contributed by atoms with van der Waals surface area (Å²) in [6, 6.07) is 0. The lowest BCUT2D eigenvalue weighted by Gasteiger charge is -2.15. The van der Waals surface area contributed by atoms with Crippen LogP contribution in [0.2, 0.25) is 0 Å². The van der Waals surface area contributed by atoms with Crippen LogP contribution in [0.4, 0.5) is 0 Å². The van der Waals surface area contributed by atoms with Gasteiger partial charge in [0.1, 0.15) is 0 Å². The lowest BCUT2D eigenvalue weighted by molar-refractivity contribution is 0.0798. The fourth-order valence-electron chi connectivity index (χ4n) is 1.53. The van der Waals surface area contributed by atoms with Crippen LogP contribution in [0.25, 0.3) is 0 Å². The smallest absolute Gasteiger partial charge is 0.0951 e. The maximum absolute atomic E-state index is 9.69. The predicted molar refractivity (Wildman–Crippen MR) is 57.3 cm³/mol. The van der Waals surface area contributed by atoms with Gasteiger partial charge in [0.25, 0.3) is 0 Å². The van der Waals surface area contributed by atoms with Crippen LogP contribution in [0, 0.1) is 6.92 Å². The number of imidazole rings is 1. The summed E-state index contributed by atoms with van der Waals surface area (Å²) in [5, 5.41) is 9.69. The van der Waals surface area contributed by atoms with Gasteiger partial charge in [-0.05, 0) is 27.2 Å². The molecule has 0 aliphatic heterocycles. The van der Waals surface area contributed by atoms with E-state index >= 15 is 0 Å². The lowest BCUT2D eigenvalue weighted by atomic mass is 10.0. The maximum atomic E-state index is 9.69. The van der Waals surface area contributed by atoms with Gasteiger partial charge in [0.05, 0.1) is 17.6 Å². The Morgan fingerprint density at radius 3 is 2.64 bits per heavy atom. The van der Waals surface area contributed by atoms with Crippen molar-refractivity contribution in [2.24, 2.45) is 0 Å². The standard InChI is InChI=1S/C11H20N2O/c1-5-6-13-8-12-10(9(13)2)7-11(3,4)14/h8,14H,5-7H2,1-4H3. The maximum Gasteiger partial charge on any atom is 0.0951 e. The molecule has 3 nitrogen and oxygen atoms in total. The molecule has 3 heteroatoms. The average Bonchev–Trinajstić information content (AvgIpc) is 2.34. The van der Waals surface area contributed by atoms with E-state index in [1.807, 2.05) is 20.2 Å². The van der Waals surface area contributed by atoms with Crippen LogP contribution < -0.4 is 0 Å². The van der Waals surface area contributed by atoms with E-state index in [9.17, 15) is 5.11 Å². The van der Waals surface area contributed by atoms with Crippen LogP contribution in [0.15, 0.2) is 6.33 Å². The summed E-state index contributed by atoms with van der Waals surface area (Å²) in [6.07, 6.45) is 3.59. The zero-order chi connectivity index (χ0) is 10.8. The molecule has 0 aliphatic rings. The monoisotopic (exact) mass is 196 g/mol. The Kier molecular flexibility index (Phi) is 3.32. The second-order valence-electron chi connectivity index (χ2n) is 4.46. The Balaban J connectivity index is 2.79. The number of aromatic nitrogens is 2. The first kappa shape index (κ1) is 11.2. The van der Waals surface area contributed by atoms with Gasteiger partial charge in [0, 0.05) is 18.7 Å². The van der Waals surface area contributed by atoms with Gasteiger partial charge in [0.2, 0.25) is 0 Å². The van der Waals surface area contributed by atoms with E-state index in [0.29, 0.717) is 6.42 Å². The molecule has 0 bridgehead atoms. The molecule has 0 radical (unpaired) electrons. The summed E-state index contributed by atoms with van der Waals surface area (Å²) in [7, 11) is 0. The van der Waals surface area contributed by atoms with E-state index in [-0.39, 0.29) is 0 Å². The molecule has 14 heavy (non-hydrogen) atoms. The first-order chi connectivity index (χ1) is 6.44. The summed E-state index contributed by atoms with van der Waals surface area (Å²) in [4.78, 5) is 4.32. The van der Waals surface area contributed by atoms with E-state index < -0.39 is 5.60 Å². The summed E-state index contributed by atoms with van der Waals surface area (Å²) in [5.74, 6) is 0. The van der Waals surface area contributed by atoms with Gasteiger partial charge in [-0.3, -0.25) is 0 Å². The van der Waals surface area contributed by atoms with Crippen molar-refractivity contribution in [2.45, 2.75) is 52.7 Å². The van der Waals surface area contributed by atoms with Crippen molar-refractivity contribution in [3.63, 3.8) is 0 Å². The number of aryl methyl sites for hydroxylation is 1. The highest BCUT2D eigenvalue weighted by molar-refractivity contribution is 5.13. The highest BCUT2D eigenvalue weighted by Gasteiger charge is 2.17. The van der Waals surface area contributed by atoms with Crippen molar-refractivity contribution >= 4 is 0 Å². The molecule has 1 aromatic rings. The molecule has 1 aromatic heterocycles. The van der Waals surface area contributed by atoms with Crippen LogP contribution in [-0.4, -0.2) is 20.3 Å². The molecule has 1 N–H and O–H groups in total. The molecule has 0 amide bonds. The molecule has 0 spiro atoms. The number of hydrogen-bond acceptors (Lipinski definition) is 2. The van der Waals surface area contributed by atoms with Crippen molar-refractivity contribution in [1.82, 2.24) is 9.55 Å². The number of hydrogen-bond donors (Lipinski definition) is 1. The van der Waals surface area contributed by atoms with Gasteiger partial charge in [-0.2, -0.15) is 0 Å². The van der Waals surface area contributed by atoms with Crippen LogP contribution in [0.1, 0.15) is 38.6 Å². The van der Waals surface area contributed by atoms with Crippen LogP contribution >= 0.6 is 0 Å². The van der Waals surface area contributed by atoms with Gasteiger partial charge in [-0.25, -0.2) is 4.98 Å². The Bertz CT molecular complexity index is 297. The molecule has 0 unspecified atom stereocenters. The molecule has 80 valence electrons. The molecule has 1 rings (SSSR count).